The molecular weight excluding hydrogens is 400 g/mol. The molecule has 0 atom stereocenters. The molecule has 1 aromatic heterocycles. The lowest BCUT2D eigenvalue weighted by Crippen LogP contribution is -2.41. The quantitative estimate of drug-likeness (QED) is 0.619. The van der Waals surface area contributed by atoms with Gasteiger partial charge in [0.05, 0.1) is 25.1 Å². The van der Waals surface area contributed by atoms with Crippen molar-refractivity contribution >= 4 is 17.6 Å². The Bertz CT molecular complexity index is 871. The van der Waals surface area contributed by atoms with Crippen molar-refractivity contribution < 1.29 is 23.8 Å². The fourth-order valence-corrected chi connectivity index (χ4v) is 2.82. The van der Waals surface area contributed by atoms with Crippen molar-refractivity contribution in [3.8, 4) is 11.4 Å². The molecule has 1 N–H and O–H groups in total. The van der Waals surface area contributed by atoms with Gasteiger partial charge in [-0.1, -0.05) is 20.8 Å². The van der Waals surface area contributed by atoms with Gasteiger partial charge in [0.25, 0.3) is 0 Å². The molecule has 2 amide bonds. The topological polar surface area (TPSA) is 94.9 Å². The SMILES string of the molecule is COCCN(CC(=O)Nc1cc(C(C)(C)C)nn1-c1ccc(OC)cc1)C(=O)COC. The van der Waals surface area contributed by atoms with Gasteiger partial charge >= 0.3 is 0 Å². The van der Waals surface area contributed by atoms with Crippen molar-refractivity contribution in [1.82, 2.24) is 14.7 Å². The van der Waals surface area contributed by atoms with Crippen LogP contribution in [0.3, 0.4) is 0 Å². The lowest BCUT2D eigenvalue weighted by molar-refractivity contribution is -0.138. The van der Waals surface area contributed by atoms with Crippen molar-refractivity contribution in [2.45, 2.75) is 26.2 Å². The third-order valence-corrected chi connectivity index (χ3v) is 4.58. The van der Waals surface area contributed by atoms with Crippen molar-refractivity contribution in [3.63, 3.8) is 0 Å². The number of hydrogen-bond donors (Lipinski definition) is 1. The number of carbonyl (C=O) groups is 2. The van der Waals surface area contributed by atoms with Crippen LogP contribution in [-0.2, 0) is 24.5 Å². The third kappa shape index (κ3) is 6.80. The number of hydrogen-bond acceptors (Lipinski definition) is 6. The van der Waals surface area contributed by atoms with E-state index in [4.69, 9.17) is 19.3 Å². The molecule has 0 bridgehead atoms. The predicted molar refractivity (Wildman–Crippen MR) is 118 cm³/mol. The number of nitrogens with zero attached hydrogens (tertiary/aromatic N) is 3. The zero-order valence-electron chi connectivity index (χ0n) is 19.1. The molecule has 0 fully saturated rings. The molecule has 0 radical (unpaired) electrons. The second-order valence-corrected chi connectivity index (χ2v) is 8.06. The first-order valence-electron chi connectivity index (χ1n) is 10.00. The van der Waals surface area contributed by atoms with Gasteiger partial charge in [-0.15, -0.1) is 0 Å². The summed E-state index contributed by atoms with van der Waals surface area (Å²) in [7, 11) is 4.58. The molecule has 0 unspecified atom stereocenters. The van der Waals surface area contributed by atoms with Crippen molar-refractivity contribution in [1.29, 1.82) is 0 Å². The van der Waals surface area contributed by atoms with Gasteiger partial charge in [0.1, 0.15) is 24.7 Å². The van der Waals surface area contributed by atoms with Crippen molar-refractivity contribution in [2.75, 3.05) is 52.9 Å². The van der Waals surface area contributed by atoms with Crippen LogP contribution >= 0.6 is 0 Å². The molecular formula is C22H32N4O5. The number of ether oxygens (including phenoxy) is 3. The average molecular weight is 433 g/mol. The van der Waals surface area contributed by atoms with E-state index in [0.717, 1.165) is 17.1 Å². The highest BCUT2D eigenvalue weighted by atomic mass is 16.5. The maximum atomic E-state index is 12.8. The Balaban J connectivity index is 2.27. The zero-order valence-corrected chi connectivity index (χ0v) is 19.1. The summed E-state index contributed by atoms with van der Waals surface area (Å²) in [5, 5.41) is 7.58. The van der Waals surface area contributed by atoms with E-state index in [1.165, 1.54) is 12.0 Å². The van der Waals surface area contributed by atoms with Gasteiger partial charge in [0.15, 0.2) is 0 Å². The molecule has 0 saturated heterocycles. The average Bonchev–Trinajstić information content (AvgIpc) is 3.15. The number of carbonyl (C=O) groups excluding carboxylic acids is 2. The summed E-state index contributed by atoms with van der Waals surface area (Å²) in [6, 6.07) is 9.23. The minimum Gasteiger partial charge on any atom is -0.497 e. The number of amides is 2. The highest BCUT2D eigenvalue weighted by Gasteiger charge is 2.23. The van der Waals surface area contributed by atoms with Gasteiger partial charge in [0.2, 0.25) is 11.8 Å². The highest BCUT2D eigenvalue weighted by molar-refractivity contribution is 5.94. The van der Waals surface area contributed by atoms with Gasteiger partial charge in [-0.2, -0.15) is 5.10 Å². The van der Waals surface area contributed by atoms with Crippen LogP contribution in [0.2, 0.25) is 0 Å². The largest absolute Gasteiger partial charge is 0.497 e. The van der Waals surface area contributed by atoms with Crippen LogP contribution in [0.15, 0.2) is 30.3 Å². The Kier molecular flexibility index (Phi) is 8.58. The lowest BCUT2D eigenvalue weighted by atomic mass is 9.92. The molecule has 0 saturated carbocycles. The van der Waals surface area contributed by atoms with E-state index in [0.29, 0.717) is 12.4 Å². The van der Waals surface area contributed by atoms with Crippen LogP contribution in [0.5, 0.6) is 5.75 Å². The molecule has 0 aliphatic heterocycles. The second-order valence-electron chi connectivity index (χ2n) is 8.06. The van der Waals surface area contributed by atoms with Gasteiger partial charge in [-0.25, -0.2) is 4.68 Å². The predicted octanol–water partition coefficient (Wildman–Crippen LogP) is 2.24. The first-order valence-corrected chi connectivity index (χ1v) is 10.00. The summed E-state index contributed by atoms with van der Waals surface area (Å²) in [6.07, 6.45) is 0. The molecule has 31 heavy (non-hydrogen) atoms. The van der Waals surface area contributed by atoms with Crippen LogP contribution < -0.4 is 10.1 Å². The van der Waals surface area contributed by atoms with E-state index in [-0.39, 0.29) is 36.9 Å². The molecule has 0 aliphatic rings. The molecule has 9 heteroatoms. The Morgan fingerprint density at radius 1 is 1.10 bits per heavy atom. The van der Waals surface area contributed by atoms with Gasteiger partial charge in [-0.3, -0.25) is 9.59 Å². The standard InChI is InChI=1S/C22H32N4O5/c1-22(2,3)18-13-19(26(24-18)16-7-9-17(31-6)10-8-16)23-20(27)14-25(11-12-29-4)21(28)15-30-5/h7-10,13H,11-12,14-15H2,1-6H3,(H,23,27). The van der Waals surface area contributed by atoms with Crippen LogP contribution in [0, 0.1) is 0 Å². The van der Waals surface area contributed by atoms with Crippen LogP contribution in [0.25, 0.3) is 5.69 Å². The highest BCUT2D eigenvalue weighted by Crippen LogP contribution is 2.27. The number of methoxy groups -OCH3 is 3. The first kappa shape index (κ1) is 24.4. The Morgan fingerprint density at radius 2 is 1.77 bits per heavy atom. The minimum absolute atomic E-state index is 0.102. The number of benzene rings is 1. The molecule has 2 aromatic rings. The summed E-state index contributed by atoms with van der Waals surface area (Å²) in [5.41, 5.74) is 1.39. The lowest BCUT2D eigenvalue weighted by Gasteiger charge is -2.21. The minimum atomic E-state index is -0.337. The van der Waals surface area contributed by atoms with Crippen LogP contribution in [0.4, 0.5) is 5.82 Å². The summed E-state index contributed by atoms with van der Waals surface area (Å²) in [6.45, 7) is 6.54. The molecule has 2 rings (SSSR count). The van der Waals surface area contributed by atoms with Crippen molar-refractivity contribution in [2.24, 2.45) is 0 Å². The number of aromatic nitrogens is 2. The summed E-state index contributed by atoms with van der Waals surface area (Å²) >= 11 is 0. The summed E-state index contributed by atoms with van der Waals surface area (Å²) in [5.74, 6) is 0.623. The Morgan fingerprint density at radius 3 is 2.32 bits per heavy atom. The fourth-order valence-electron chi connectivity index (χ4n) is 2.82. The molecule has 0 spiro atoms. The summed E-state index contributed by atoms with van der Waals surface area (Å²) < 4.78 is 16.9. The maximum Gasteiger partial charge on any atom is 0.249 e. The van der Waals surface area contributed by atoms with Crippen LogP contribution in [-0.4, -0.2) is 74.1 Å². The Hall–Kier alpha value is -2.91. The molecule has 0 aliphatic carbocycles. The van der Waals surface area contributed by atoms with E-state index in [1.54, 1.807) is 18.9 Å². The van der Waals surface area contributed by atoms with Crippen LogP contribution in [0.1, 0.15) is 26.5 Å². The van der Waals surface area contributed by atoms with E-state index >= 15 is 0 Å². The molecule has 170 valence electrons. The third-order valence-electron chi connectivity index (χ3n) is 4.58. The smallest absolute Gasteiger partial charge is 0.249 e. The monoisotopic (exact) mass is 432 g/mol. The maximum absolute atomic E-state index is 12.8. The second kappa shape index (κ2) is 10.9. The molecule has 1 aromatic carbocycles. The molecule has 1 heterocycles. The van der Waals surface area contributed by atoms with Gasteiger partial charge in [0, 0.05) is 32.2 Å². The number of rotatable bonds is 10. The number of anilines is 1. The molecule has 9 nitrogen and oxygen atoms in total. The van der Waals surface area contributed by atoms with Gasteiger partial charge < -0.3 is 24.4 Å². The van der Waals surface area contributed by atoms with E-state index < -0.39 is 0 Å². The zero-order chi connectivity index (χ0) is 23.0. The normalized spacial score (nSPS) is 11.3. The summed E-state index contributed by atoms with van der Waals surface area (Å²) in [4.78, 5) is 26.5. The van der Waals surface area contributed by atoms with Gasteiger partial charge in [-0.05, 0) is 24.3 Å². The van der Waals surface area contributed by atoms with E-state index in [1.807, 2.05) is 30.3 Å². The van der Waals surface area contributed by atoms with E-state index in [2.05, 4.69) is 26.1 Å². The van der Waals surface area contributed by atoms with E-state index in [9.17, 15) is 9.59 Å². The fraction of sp³-hybridized carbons (Fsp3) is 0.500. The Labute approximate surface area is 183 Å². The number of nitrogens with one attached hydrogen (secondary N) is 1. The first-order chi connectivity index (χ1) is 14.7. The van der Waals surface area contributed by atoms with Crippen molar-refractivity contribution in [3.05, 3.63) is 36.0 Å².